The van der Waals surface area contributed by atoms with Crippen molar-refractivity contribution in [2.75, 3.05) is 5.33 Å². The lowest BCUT2D eigenvalue weighted by Gasteiger charge is -2.05. The van der Waals surface area contributed by atoms with Gasteiger partial charge in [0.05, 0.1) is 0 Å². The highest BCUT2D eigenvalue weighted by Gasteiger charge is 2.03. The smallest absolute Gasteiger partial charge is 0.0452 e. The third kappa shape index (κ3) is 3.49. The molecule has 0 heterocycles. The summed E-state index contributed by atoms with van der Waals surface area (Å²) in [5.74, 6) is 0. The van der Waals surface area contributed by atoms with Crippen molar-refractivity contribution in [1.82, 2.24) is 0 Å². The van der Waals surface area contributed by atoms with Gasteiger partial charge in [-0.2, -0.15) is 0 Å². The number of halogens is 3. The molecule has 1 aromatic carbocycles. The molecular weight excluding hydrogens is 271 g/mol. The molecule has 0 atom stereocenters. The van der Waals surface area contributed by atoms with Crippen LogP contribution in [-0.4, -0.2) is 5.33 Å². The van der Waals surface area contributed by atoms with E-state index in [-0.39, 0.29) is 0 Å². The third-order valence-corrected chi connectivity index (χ3v) is 3.14. The first-order chi connectivity index (χ1) is 6.25. The van der Waals surface area contributed by atoms with Crippen LogP contribution in [0.15, 0.2) is 18.2 Å². The Morgan fingerprint density at radius 2 is 1.69 bits per heavy atom. The molecule has 0 nitrogen and oxygen atoms in total. The molecule has 3 heteroatoms. The highest BCUT2D eigenvalue weighted by molar-refractivity contribution is 9.09. The number of benzene rings is 1. The monoisotopic (exact) mass is 280 g/mol. The molecule has 0 amide bonds. The summed E-state index contributed by atoms with van der Waals surface area (Å²) in [6.45, 7) is 0. The second kappa shape index (κ2) is 5.90. The van der Waals surface area contributed by atoms with Gasteiger partial charge in [0.1, 0.15) is 0 Å². The van der Waals surface area contributed by atoms with Crippen LogP contribution in [0.4, 0.5) is 0 Å². The highest BCUT2D eigenvalue weighted by atomic mass is 79.9. The van der Waals surface area contributed by atoms with Crippen LogP contribution in [-0.2, 0) is 6.42 Å². The Labute approximate surface area is 97.4 Å². The van der Waals surface area contributed by atoms with Crippen molar-refractivity contribution in [3.63, 3.8) is 0 Å². The van der Waals surface area contributed by atoms with Gasteiger partial charge in [-0.25, -0.2) is 0 Å². The molecule has 0 N–H and O–H groups in total. The maximum Gasteiger partial charge on any atom is 0.0452 e. The Morgan fingerprint density at radius 3 is 2.23 bits per heavy atom. The van der Waals surface area contributed by atoms with E-state index in [4.69, 9.17) is 23.2 Å². The fraction of sp³-hybridized carbons (Fsp3) is 0.400. The average molecular weight is 282 g/mol. The first-order valence-corrected chi connectivity index (χ1v) is 6.12. The van der Waals surface area contributed by atoms with E-state index >= 15 is 0 Å². The van der Waals surface area contributed by atoms with E-state index in [0.717, 1.165) is 40.2 Å². The first kappa shape index (κ1) is 11.4. The van der Waals surface area contributed by atoms with Crippen LogP contribution in [0.5, 0.6) is 0 Å². The standard InChI is InChI=1S/C10H11BrCl2/c11-7-2-1-4-8-9(12)5-3-6-10(8)13/h3,5-6H,1-2,4,7H2. The van der Waals surface area contributed by atoms with Crippen LogP contribution in [0.1, 0.15) is 18.4 Å². The molecule has 72 valence electrons. The van der Waals surface area contributed by atoms with Crippen LogP contribution in [0, 0.1) is 0 Å². The summed E-state index contributed by atoms with van der Waals surface area (Å²) in [7, 11) is 0. The Kier molecular flexibility index (Phi) is 5.15. The van der Waals surface area contributed by atoms with Gasteiger partial charge in [0.2, 0.25) is 0 Å². The van der Waals surface area contributed by atoms with Gasteiger partial charge in [0.25, 0.3) is 0 Å². The summed E-state index contributed by atoms with van der Waals surface area (Å²) in [4.78, 5) is 0. The predicted molar refractivity (Wildman–Crippen MR) is 63.2 cm³/mol. The molecule has 0 spiro atoms. The van der Waals surface area contributed by atoms with Gasteiger partial charge in [0, 0.05) is 15.4 Å². The zero-order chi connectivity index (χ0) is 9.68. The minimum absolute atomic E-state index is 0.780. The molecule has 13 heavy (non-hydrogen) atoms. The minimum atomic E-state index is 0.780. The number of alkyl halides is 1. The van der Waals surface area contributed by atoms with Crippen LogP contribution in [0.3, 0.4) is 0 Å². The molecule has 0 saturated heterocycles. The zero-order valence-electron chi connectivity index (χ0n) is 7.19. The molecule has 0 bridgehead atoms. The molecule has 0 saturated carbocycles. The van der Waals surface area contributed by atoms with Crippen molar-refractivity contribution in [2.45, 2.75) is 19.3 Å². The topological polar surface area (TPSA) is 0 Å². The maximum absolute atomic E-state index is 6.01. The fourth-order valence-corrected chi connectivity index (χ4v) is 2.15. The summed E-state index contributed by atoms with van der Waals surface area (Å²) >= 11 is 15.4. The second-order valence-electron chi connectivity index (χ2n) is 2.85. The van der Waals surface area contributed by atoms with Crippen LogP contribution < -0.4 is 0 Å². The molecule has 1 aromatic rings. The van der Waals surface area contributed by atoms with E-state index in [9.17, 15) is 0 Å². The van der Waals surface area contributed by atoms with Crippen LogP contribution in [0.25, 0.3) is 0 Å². The number of rotatable bonds is 4. The average Bonchev–Trinajstić information content (AvgIpc) is 2.10. The predicted octanol–water partition coefficient (Wildman–Crippen LogP) is 4.71. The zero-order valence-corrected chi connectivity index (χ0v) is 10.3. The quantitative estimate of drug-likeness (QED) is 0.554. The largest absolute Gasteiger partial charge is 0.0928 e. The fourth-order valence-electron chi connectivity index (χ4n) is 1.17. The van der Waals surface area contributed by atoms with E-state index in [1.54, 1.807) is 0 Å². The van der Waals surface area contributed by atoms with Crippen molar-refractivity contribution in [2.24, 2.45) is 0 Å². The normalized spacial score (nSPS) is 10.4. The molecule has 0 unspecified atom stereocenters. The van der Waals surface area contributed by atoms with Gasteiger partial charge in [-0.05, 0) is 37.0 Å². The molecule has 0 aliphatic rings. The second-order valence-corrected chi connectivity index (χ2v) is 4.45. The molecule has 0 aliphatic carbocycles. The maximum atomic E-state index is 6.01. The Morgan fingerprint density at radius 1 is 1.08 bits per heavy atom. The van der Waals surface area contributed by atoms with Crippen LogP contribution in [0.2, 0.25) is 10.0 Å². The third-order valence-electron chi connectivity index (χ3n) is 1.87. The molecule has 0 aliphatic heterocycles. The van der Waals surface area contributed by atoms with Crippen LogP contribution >= 0.6 is 39.1 Å². The van der Waals surface area contributed by atoms with Gasteiger partial charge in [0.15, 0.2) is 0 Å². The molecule has 0 fully saturated rings. The summed E-state index contributed by atoms with van der Waals surface area (Å²) in [5, 5.41) is 2.60. The van der Waals surface area contributed by atoms with Crippen molar-refractivity contribution < 1.29 is 0 Å². The highest BCUT2D eigenvalue weighted by Crippen LogP contribution is 2.25. The summed E-state index contributed by atoms with van der Waals surface area (Å²) in [6.07, 6.45) is 3.24. The van der Waals surface area contributed by atoms with E-state index in [2.05, 4.69) is 15.9 Å². The van der Waals surface area contributed by atoms with Crippen molar-refractivity contribution >= 4 is 39.1 Å². The lowest BCUT2D eigenvalue weighted by atomic mass is 10.1. The first-order valence-electron chi connectivity index (χ1n) is 4.24. The summed E-state index contributed by atoms with van der Waals surface area (Å²) in [5.41, 5.74) is 1.08. The van der Waals surface area contributed by atoms with E-state index < -0.39 is 0 Å². The Hall–Kier alpha value is 0.280. The number of hydrogen-bond donors (Lipinski definition) is 0. The summed E-state index contributed by atoms with van der Waals surface area (Å²) < 4.78 is 0. The van der Waals surface area contributed by atoms with E-state index in [1.807, 2.05) is 18.2 Å². The van der Waals surface area contributed by atoms with Crippen molar-refractivity contribution in [3.05, 3.63) is 33.8 Å². The van der Waals surface area contributed by atoms with Gasteiger partial charge < -0.3 is 0 Å². The SMILES string of the molecule is Clc1cccc(Cl)c1CCCCBr. The Bertz CT molecular complexity index is 253. The molecular formula is C10H11BrCl2. The lowest BCUT2D eigenvalue weighted by Crippen LogP contribution is -1.89. The van der Waals surface area contributed by atoms with Gasteiger partial charge in [-0.3, -0.25) is 0 Å². The number of hydrogen-bond acceptors (Lipinski definition) is 0. The van der Waals surface area contributed by atoms with Gasteiger partial charge in [-0.1, -0.05) is 45.2 Å². The number of unbranched alkanes of at least 4 members (excludes halogenated alkanes) is 1. The van der Waals surface area contributed by atoms with E-state index in [1.165, 1.54) is 0 Å². The Balaban J connectivity index is 2.64. The van der Waals surface area contributed by atoms with Crippen molar-refractivity contribution in [3.8, 4) is 0 Å². The summed E-state index contributed by atoms with van der Waals surface area (Å²) in [6, 6.07) is 5.65. The minimum Gasteiger partial charge on any atom is -0.0928 e. The lowest BCUT2D eigenvalue weighted by molar-refractivity contribution is 0.806. The van der Waals surface area contributed by atoms with E-state index in [0.29, 0.717) is 0 Å². The van der Waals surface area contributed by atoms with Crippen molar-refractivity contribution in [1.29, 1.82) is 0 Å². The van der Waals surface area contributed by atoms with Gasteiger partial charge >= 0.3 is 0 Å². The molecule has 0 aromatic heterocycles. The molecule has 0 radical (unpaired) electrons. The molecule has 1 rings (SSSR count). The van der Waals surface area contributed by atoms with Gasteiger partial charge in [-0.15, -0.1) is 0 Å².